The van der Waals surface area contributed by atoms with Crippen molar-refractivity contribution in [2.75, 3.05) is 19.0 Å². The fourth-order valence-corrected chi connectivity index (χ4v) is 10.0. The summed E-state index contributed by atoms with van der Waals surface area (Å²) in [5.41, 5.74) is 2.70. The van der Waals surface area contributed by atoms with E-state index in [1.807, 2.05) is 37.0 Å². The molecule has 0 radical (unpaired) electrons. The average molecular weight is 693 g/mol. The van der Waals surface area contributed by atoms with Crippen LogP contribution in [-0.4, -0.2) is 27.1 Å². The maximum absolute atomic E-state index is 16.1. The van der Waals surface area contributed by atoms with Crippen molar-refractivity contribution in [3.63, 3.8) is 0 Å². The Balaban J connectivity index is 1.58. The summed E-state index contributed by atoms with van der Waals surface area (Å²) in [7, 11) is -1.73. The number of anilines is 1. The van der Waals surface area contributed by atoms with E-state index in [2.05, 4.69) is 37.2 Å². The highest BCUT2D eigenvalue weighted by molar-refractivity contribution is 7.85. The van der Waals surface area contributed by atoms with Gasteiger partial charge in [-0.25, -0.2) is 26.2 Å². The lowest BCUT2D eigenvalue weighted by Gasteiger charge is -2.43. The number of rotatable bonds is 2. The predicted molar refractivity (Wildman–Crippen MR) is 176 cm³/mol. The summed E-state index contributed by atoms with van der Waals surface area (Å²) in [5.74, 6) is -4.48. The monoisotopic (exact) mass is 692 g/mol. The minimum absolute atomic E-state index is 0.0922. The summed E-state index contributed by atoms with van der Waals surface area (Å²) in [6, 6.07) is 11.2. The second-order valence-corrected chi connectivity index (χ2v) is 16.2. The molecule has 47 heavy (non-hydrogen) atoms. The molecule has 3 aliphatic heterocycles. The van der Waals surface area contributed by atoms with Crippen LogP contribution >= 0.6 is 22.7 Å². The maximum Gasteiger partial charge on any atom is 0.212 e. The standard InChI is InChI=1S/C35H27F3N2O4S3/c1-34(2)20-7-9-45-31(20)16-11-18-26(14-24(16)39(34)5)44-27-15-25-17(32-21(8-10-46-32)35(3,4)40(25)6)12-19(27)28(18)29-30(38)22(36)13-23(37)33(29)47(41,42)43/h7-15H,1-6H3. The van der Waals surface area contributed by atoms with Gasteiger partial charge in [-0.05, 0) is 54.4 Å². The largest absolute Gasteiger partial charge is 0.744 e. The molecule has 6 nitrogen and oxygen atoms in total. The van der Waals surface area contributed by atoms with Crippen LogP contribution in [0.15, 0.2) is 58.1 Å². The summed E-state index contributed by atoms with van der Waals surface area (Å²) >= 11 is 3.02. The number of hydrogen-bond acceptors (Lipinski definition) is 7. The highest BCUT2D eigenvalue weighted by Gasteiger charge is 2.41. The molecule has 0 spiro atoms. The Bertz CT molecular complexity index is 2500. The highest BCUT2D eigenvalue weighted by Crippen LogP contribution is 2.53. The van der Waals surface area contributed by atoms with Crippen LogP contribution in [0.2, 0.25) is 0 Å². The summed E-state index contributed by atoms with van der Waals surface area (Å²) in [6.07, 6.45) is 0. The molecule has 3 aromatic carbocycles. The topological polar surface area (TPSA) is 72.7 Å². The van der Waals surface area contributed by atoms with Gasteiger partial charge in [0, 0.05) is 76.6 Å². The Kier molecular flexibility index (Phi) is 6.18. The van der Waals surface area contributed by atoms with Crippen molar-refractivity contribution in [2.24, 2.45) is 0 Å². The maximum atomic E-state index is 16.1. The molecular weight excluding hydrogens is 666 g/mol. The van der Waals surface area contributed by atoms with E-state index in [0.29, 0.717) is 0 Å². The van der Waals surface area contributed by atoms with Crippen LogP contribution in [0.1, 0.15) is 49.9 Å². The van der Waals surface area contributed by atoms with Gasteiger partial charge in [0.05, 0.1) is 22.0 Å². The van der Waals surface area contributed by atoms with E-state index in [4.69, 9.17) is 4.74 Å². The molecule has 0 N–H and O–H groups in total. The van der Waals surface area contributed by atoms with Crippen LogP contribution in [0, 0.1) is 17.5 Å². The molecule has 0 fully saturated rings. The van der Waals surface area contributed by atoms with E-state index in [-0.39, 0.29) is 33.9 Å². The summed E-state index contributed by atoms with van der Waals surface area (Å²) in [6.45, 7) is 8.36. The summed E-state index contributed by atoms with van der Waals surface area (Å²) in [4.78, 5) is 2.52. The molecule has 0 saturated heterocycles. The van der Waals surface area contributed by atoms with Gasteiger partial charge < -0.3 is 14.2 Å². The number of nitrogens with zero attached hydrogens (tertiary/aromatic N) is 2. The Labute approximate surface area is 277 Å². The van der Waals surface area contributed by atoms with E-state index in [9.17, 15) is 13.0 Å². The zero-order chi connectivity index (χ0) is 33.5. The van der Waals surface area contributed by atoms with Gasteiger partial charge in [-0.15, -0.1) is 22.7 Å². The van der Waals surface area contributed by atoms with E-state index < -0.39 is 49.1 Å². The van der Waals surface area contributed by atoms with Gasteiger partial charge in [0.25, 0.3) is 0 Å². The summed E-state index contributed by atoms with van der Waals surface area (Å²) < 4.78 is 93.1. The van der Waals surface area contributed by atoms with E-state index >= 15 is 13.2 Å². The first-order valence-corrected chi connectivity index (χ1v) is 17.9. The molecule has 0 unspecified atom stereocenters. The molecule has 5 aromatic rings. The molecule has 5 heterocycles. The zero-order valence-electron chi connectivity index (χ0n) is 26.1. The second kappa shape index (κ2) is 9.56. The first-order chi connectivity index (χ1) is 22.0. The molecule has 0 atom stereocenters. The second-order valence-electron chi connectivity index (χ2n) is 13.1. The van der Waals surface area contributed by atoms with E-state index in [0.717, 1.165) is 43.1 Å². The molecular formula is C35H27F3N2O4S3. The fraction of sp³-hybridized carbons (Fsp3) is 0.229. The minimum atomic E-state index is -5.63. The smallest absolute Gasteiger partial charge is 0.212 e. The number of fused-ring (bicyclic) bond motifs is 8. The number of ether oxygens (including phenoxy) is 1. The SMILES string of the molecule is CN1c2cc3c(cc2-c2sccc2C1(C)C)C(c1c(F)c(F)cc(F)c1S(=O)(=O)[O-])=c1cc2c(cc1O3)=[N+](C)C(C)(C)c1ccsc1-2. The number of hydrogen-bond donors (Lipinski definition) is 0. The van der Waals surface area contributed by atoms with Crippen molar-refractivity contribution in [3.8, 4) is 32.4 Å². The van der Waals surface area contributed by atoms with Gasteiger partial charge in [-0.1, -0.05) is 0 Å². The first kappa shape index (κ1) is 30.4. The van der Waals surface area contributed by atoms with Gasteiger partial charge in [-0.2, -0.15) is 0 Å². The van der Waals surface area contributed by atoms with Crippen LogP contribution in [0.25, 0.3) is 26.5 Å². The molecule has 12 heteroatoms. The third-order valence-corrected chi connectivity index (χ3v) is 12.9. The number of thiophene rings is 2. The van der Waals surface area contributed by atoms with Crippen LogP contribution < -0.4 is 24.8 Å². The van der Waals surface area contributed by atoms with Gasteiger partial charge in [0.1, 0.15) is 39.4 Å². The third-order valence-electron chi connectivity index (χ3n) is 10.1. The molecule has 0 bridgehead atoms. The Hall–Kier alpha value is -3.97. The van der Waals surface area contributed by atoms with Crippen molar-refractivity contribution in [3.05, 3.63) is 104 Å². The zero-order valence-corrected chi connectivity index (χ0v) is 28.5. The molecule has 0 aliphatic carbocycles. The quantitative estimate of drug-likeness (QED) is 0.113. The van der Waals surface area contributed by atoms with Gasteiger partial charge in [-0.3, -0.25) is 0 Å². The Morgan fingerprint density at radius 2 is 1.51 bits per heavy atom. The van der Waals surface area contributed by atoms with Gasteiger partial charge >= 0.3 is 0 Å². The normalized spacial score (nSPS) is 16.9. The minimum Gasteiger partial charge on any atom is -0.744 e. The van der Waals surface area contributed by atoms with E-state index in [1.165, 1.54) is 22.7 Å². The number of halogens is 3. The molecule has 2 aromatic heterocycles. The average Bonchev–Trinajstić information content (AvgIpc) is 3.70. The van der Waals surface area contributed by atoms with Crippen molar-refractivity contribution in [1.29, 1.82) is 0 Å². The predicted octanol–water partition coefficient (Wildman–Crippen LogP) is 6.87. The molecule has 0 saturated carbocycles. The van der Waals surface area contributed by atoms with Crippen molar-refractivity contribution in [1.82, 2.24) is 4.58 Å². The molecule has 240 valence electrons. The first-order valence-electron chi connectivity index (χ1n) is 14.7. The summed E-state index contributed by atoms with van der Waals surface area (Å²) in [5, 5.41) is 4.94. The van der Waals surface area contributed by atoms with Crippen LogP contribution in [0.4, 0.5) is 18.9 Å². The lowest BCUT2D eigenvalue weighted by Crippen LogP contribution is -2.46. The highest BCUT2D eigenvalue weighted by atomic mass is 32.2. The molecule has 8 rings (SSSR count). The molecule has 3 aliphatic rings. The van der Waals surface area contributed by atoms with Crippen LogP contribution in [0.5, 0.6) is 11.5 Å². The number of benzene rings is 3. The van der Waals surface area contributed by atoms with Crippen molar-refractivity contribution >= 4 is 44.1 Å². The van der Waals surface area contributed by atoms with Gasteiger partial charge in [0.15, 0.2) is 17.2 Å². The lowest BCUT2D eigenvalue weighted by atomic mass is 9.83. The van der Waals surface area contributed by atoms with Crippen molar-refractivity contribution in [2.45, 2.75) is 43.7 Å². The van der Waals surface area contributed by atoms with E-state index in [1.54, 1.807) is 24.3 Å². The third kappa shape index (κ3) is 3.98. The molecule has 0 amide bonds. The van der Waals surface area contributed by atoms with Crippen LogP contribution in [0.3, 0.4) is 0 Å². The van der Waals surface area contributed by atoms with Crippen LogP contribution in [-0.2, 0) is 21.2 Å². The Morgan fingerprint density at radius 3 is 2.19 bits per heavy atom. The Morgan fingerprint density at radius 1 is 0.851 bits per heavy atom. The fourth-order valence-electron chi connectivity index (χ4n) is 7.16. The van der Waals surface area contributed by atoms with Crippen molar-refractivity contribution < 1.29 is 30.9 Å². The lowest BCUT2D eigenvalue weighted by molar-refractivity contribution is 0.368. The van der Waals surface area contributed by atoms with Gasteiger partial charge in [0.2, 0.25) is 5.36 Å².